The summed E-state index contributed by atoms with van der Waals surface area (Å²) >= 11 is 0. The van der Waals surface area contributed by atoms with Gasteiger partial charge in [0, 0.05) is 5.39 Å². The number of methoxy groups -OCH3 is 1. The monoisotopic (exact) mass is 278 g/mol. The van der Waals surface area contributed by atoms with Gasteiger partial charge in [-0.25, -0.2) is 9.59 Å². The van der Waals surface area contributed by atoms with Crippen LogP contribution in [-0.4, -0.2) is 24.3 Å². The minimum atomic E-state index is -1.33. The molecule has 6 nitrogen and oxygen atoms in total. The predicted octanol–water partition coefficient (Wildman–Crippen LogP) is 2.29. The predicted molar refractivity (Wildman–Crippen MR) is 71.8 cm³/mol. The minimum Gasteiger partial charge on any atom is -0.493 e. The number of ether oxygens (including phenoxy) is 2. The summed E-state index contributed by atoms with van der Waals surface area (Å²) in [7, 11) is 1.47. The fourth-order valence-corrected chi connectivity index (χ4v) is 1.80. The summed E-state index contributed by atoms with van der Waals surface area (Å²) in [6, 6.07) is 4.50. The van der Waals surface area contributed by atoms with Gasteiger partial charge in [-0.05, 0) is 32.0 Å². The number of hydrogen-bond donors (Lipinski definition) is 1. The van der Waals surface area contributed by atoms with Gasteiger partial charge in [-0.1, -0.05) is 0 Å². The molecule has 0 aliphatic heterocycles. The Labute approximate surface area is 114 Å². The number of hydrogen-bond acceptors (Lipinski definition) is 5. The van der Waals surface area contributed by atoms with Crippen LogP contribution >= 0.6 is 0 Å². The molecule has 0 saturated heterocycles. The molecule has 0 radical (unpaired) electrons. The molecule has 0 spiro atoms. The minimum absolute atomic E-state index is 0.154. The maximum atomic E-state index is 11.7. The van der Waals surface area contributed by atoms with Gasteiger partial charge in [0.25, 0.3) is 0 Å². The molecule has 0 amide bonds. The number of aromatic carboxylic acids is 1. The molecular weight excluding hydrogens is 264 g/mol. The normalized spacial score (nSPS) is 10.8. The van der Waals surface area contributed by atoms with E-state index in [9.17, 15) is 9.59 Å². The van der Waals surface area contributed by atoms with Crippen molar-refractivity contribution < 1.29 is 23.8 Å². The maximum Gasteiger partial charge on any atom is 0.351 e. The molecule has 0 fully saturated rings. The lowest BCUT2D eigenvalue weighted by molar-refractivity contribution is 0.0692. The Morgan fingerprint density at radius 2 is 2.05 bits per heavy atom. The summed E-state index contributed by atoms with van der Waals surface area (Å²) in [6.07, 6.45) is -0.154. The van der Waals surface area contributed by atoms with Crippen molar-refractivity contribution in [1.29, 1.82) is 0 Å². The zero-order valence-corrected chi connectivity index (χ0v) is 11.3. The summed E-state index contributed by atoms with van der Waals surface area (Å²) < 4.78 is 15.9. The van der Waals surface area contributed by atoms with E-state index in [4.69, 9.17) is 19.0 Å². The van der Waals surface area contributed by atoms with E-state index in [1.165, 1.54) is 13.2 Å². The first-order chi connectivity index (χ1) is 9.43. The highest BCUT2D eigenvalue weighted by atomic mass is 16.5. The fraction of sp³-hybridized carbons (Fsp3) is 0.286. The summed E-state index contributed by atoms with van der Waals surface area (Å²) in [5.41, 5.74) is -1.17. The lowest BCUT2D eigenvalue weighted by Gasteiger charge is -2.14. The van der Waals surface area contributed by atoms with Gasteiger partial charge in [0.2, 0.25) is 5.75 Å². The Kier molecular flexibility index (Phi) is 3.65. The van der Waals surface area contributed by atoms with Crippen molar-refractivity contribution in [3.8, 4) is 11.5 Å². The molecule has 2 aromatic rings. The summed E-state index contributed by atoms with van der Waals surface area (Å²) in [6.45, 7) is 3.64. The van der Waals surface area contributed by atoms with E-state index in [1.807, 2.05) is 13.8 Å². The molecule has 0 bridgehead atoms. The zero-order chi connectivity index (χ0) is 14.9. The average molecular weight is 278 g/mol. The van der Waals surface area contributed by atoms with Crippen molar-refractivity contribution >= 4 is 16.9 Å². The van der Waals surface area contributed by atoms with Gasteiger partial charge in [0.15, 0.2) is 11.3 Å². The van der Waals surface area contributed by atoms with Crippen molar-refractivity contribution in [3.63, 3.8) is 0 Å². The van der Waals surface area contributed by atoms with E-state index < -0.39 is 17.2 Å². The van der Waals surface area contributed by atoms with Gasteiger partial charge in [-0.3, -0.25) is 0 Å². The first-order valence-corrected chi connectivity index (χ1v) is 5.99. The van der Waals surface area contributed by atoms with Crippen LogP contribution in [0.3, 0.4) is 0 Å². The Hall–Kier alpha value is -2.50. The van der Waals surface area contributed by atoms with Crippen LogP contribution in [0.25, 0.3) is 11.0 Å². The third-order valence-corrected chi connectivity index (χ3v) is 2.62. The third kappa shape index (κ3) is 2.45. The van der Waals surface area contributed by atoms with Gasteiger partial charge in [0.1, 0.15) is 5.56 Å². The highest BCUT2D eigenvalue weighted by Gasteiger charge is 2.18. The molecule has 0 saturated carbocycles. The number of carbonyl (C=O) groups is 1. The van der Waals surface area contributed by atoms with E-state index in [1.54, 1.807) is 12.1 Å². The molecule has 0 aliphatic carbocycles. The second-order valence-electron chi connectivity index (χ2n) is 4.43. The maximum absolute atomic E-state index is 11.7. The summed E-state index contributed by atoms with van der Waals surface area (Å²) in [5, 5.41) is 9.38. The number of rotatable bonds is 4. The largest absolute Gasteiger partial charge is 0.493 e. The van der Waals surface area contributed by atoms with E-state index >= 15 is 0 Å². The number of carboxylic acid groups (broad SMARTS) is 1. The van der Waals surface area contributed by atoms with Crippen LogP contribution in [0, 0.1) is 0 Å². The molecule has 1 heterocycles. The van der Waals surface area contributed by atoms with Gasteiger partial charge >= 0.3 is 11.6 Å². The zero-order valence-electron chi connectivity index (χ0n) is 11.3. The van der Waals surface area contributed by atoms with E-state index in [-0.39, 0.29) is 17.4 Å². The van der Waals surface area contributed by atoms with Gasteiger partial charge in [0.05, 0.1) is 13.2 Å². The van der Waals surface area contributed by atoms with Gasteiger partial charge in [-0.15, -0.1) is 0 Å². The highest BCUT2D eigenvalue weighted by Crippen LogP contribution is 2.35. The molecule has 1 N–H and O–H groups in total. The van der Waals surface area contributed by atoms with E-state index in [0.717, 1.165) is 0 Å². The molecule has 20 heavy (non-hydrogen) atoms. The molecular formula is C14H14O6. The van der Waals surface area contributed by atoms with E-state index in [2.05, 4.69) is 0 Å². The number of benzene rings is 1. The molecule has 0 atom stereocenters. The van der Waals surface area contributed by atoms with Crippen LogP contribution < -0.4 is 15.1 Å². The lowest BCUT2D eigenvalue weighted by atomic mass is 10.1. The number of fused-ring (bicyclic) bond motifs is 1. The second kappa shape index (κ2) is 5.24. The first kappa shape index (κ1) is 13.9. The van der Waals surface area contributed by atoms with Crippen LogP contribution in [0.5, 0.6) is 11.5 Å². The molecule has 106 valence electrons. The third-order valence-electron chi connectivity index (χ3n) is 2.62. The Balaban J connectivity index is 2.77. The summed E-state index contributed by atoms with van der Waals surface area (Å²) in [5.74, 6) is -0.630. The fourth-order valence-electron chi connectivity index (χ4n) is 1.80. The first-order valence-electron chi connectivity index (χ1n) is 5.99. The van der Waals surface area contributed by atoms with E-state index in [0.29, 0.717) is 11.1 Å². The van der Waals surface area contributed by atoms with Crippen LogP contribution in [0.2, 0.25) is 0 Å². The molecule has 1 aromatic heterocycles. The van der Waals surface area contributed by atoms with Crippen molar-refractivity contribution in [2.24, 2.45) is 0 Å². The second-order valence-corrected chi connectivity index (χ2v) is 4.43. The standard InChI is InChI=1S/C14H14O6/c1-7(2)19-12-10(18-3)5-4-8-6-9(13(15)16)14(17)20-11(8)12/h4-7H,1-3H3,(H,15,16). The Morgan fingerprint density at radius 1 is 1.35 bits per heavy atom. The lowest BCUT2D eigenvalue weighted by Crippen LogP contribution is -2.14. The Morgan fingerprint density at radius 3 is 2.60 bits per heavy atom. The molecule has 0 aliphatic rings. The highest BCUT2D eigenvalue weighted by molar-refractivity contribution is 5.93. The summed E-state index contributed by atoms with van der Waals surface area (Å²) in [4.78, 5) is 22.6. The molecule has 6 heteroatoms. The van der Waals surface area contributed by atoms with Crippen LogP contribution in [0.4, 0.5) is 0 Å². The van der Waals surface area contributed by atoms with Crippen molar-refractivity contribution in [1.82, 2.24) is 0 Å². The van der Waals surface area contributed by atoms with Gasteiger partial charge < -0.3 is 19.0 Å². The quantitative estimate of drug-likeness (QED) is 0.863. The van der Waals surface area contributed by atoms with Crippen molar-refractivity contribution in [2.75, 3.05) is 7.11 Å². The SMILES string of the molecule is COc1ccc2cc(C(=O)O)c(=O)oc2c1OC(C)C. The van der Waals surface area contributed by atoms with Crippen LogP contribution in [-0.2, 0) is 0 Å². The van der Waals surface area contributed by atoms with Crippen LogP contribution in [0.1, 0.15) is 24.2 Å². The molecule has 2 rings (SSSR count). The number of carboxylic acids is 1. The average Bonchev–Trinajstić information content (AvgIpc) is 2.38. The Bertz CT molecular complexity index is 713. The molecule has 0 unspecified atom stereocenters. The molecule has 1 aromatic carbocycles. The topological polar surface area (TPSA) is 86.0 Å². The van der Waals surface area contributed by atoms with Crippen molar-refractivity contribution in [3.05, 3.63) is 34.2 Å². The van der Waals surface area contributed by atoms with Gasteiger partial charge in [-0.2, -0.15) is 0 Å². The van der Waals surface area contributed by atoms with Crippen LogP contribution in [0.15, 0.2) is 27.4 Å². The smallest absolute Gasteiger partial charge is 0.351 e. The van der Waals surface area contributed by atoms with Crippen molar-refractivity contribution in [2.45, 2.75) is 20.0 Å².